The van der Waals surface area contributed by atoms with Crippen LogP contribution in [0.2, 0.25) is 0 Å². The standard InChI is InChI=1S/C15H20N2O2S/c16-11-14-9-5-6-10-15(14)20(18,19)17-12-13-7-3-1-2-4-8-13/h5-6,9-10,13,17H,1-4,7-8,12H2. The highest BCUT2D eigenvalue weighted by molar-refractivity contribution is 7.89. The summed E-state index contributed by atoms with van der Waals surface area (Å²) in [6.45, 7) is 0.474. The summed E-state index contributed by atoms with van der Waals surface area (Å²) in [7, 11) is -3.59. The summed E-state index contributed by atoms with van der Waals surface area (Å²) < 4.78 is 27.2. The number of hydrogen-bond acceptors (Lipinski definition) is 3. The van der Waals surface area contributed by atoms with E-state index in [9.17, 15) is 8.42 Å². The normalized spacial score (nSPS) is 17.4. The molecule has 0 saturated heterocycles. The SMILES string of the molecule is N#Cc1ccccc1S(=O)(=O)NCC1CCCCCC1. The number of nitrogens with one attached hydrogen (secondary N) is 1. The third kappa shape index (κ3) is 3.81. The van der Waals surface area contributed by atoms with Gasteiger partial charge in [0.2, 0.25) is 10.0 Å². The van der Waals surface area contributed by atoms with Crippen LogP contribution in [-0.2, 0) is 10.0 Å². The molecule has 0 unspecified atom stereocenters. The quantitative estimate of drug-likeness (QED) is 0.867. The van der Waals surface area contributed by atoms with Crippen LogP contribution in [0.5, 0.6) is 0 Å². The number of sulfonamides is 1. The second-order valence-corrected chi connectivity index (χ2v) is 7.05. The highest BCUT2D eigenvalue weighted by Crippen LogP contribution is 2.23. The molecule has 0 atom stereocenters. The summed E-state index contributed by atoms with van der Waals surface area (Å²) in [4.78, 5) is 0.0797. The minimum Gasteiger partial charge on any atom is -0.211 e. The van der Waals surface area contributed by atoms with Crippen molar-refractivity contribution in [3.8, 4) is 6.07 Å². The minimum atomic E-state index is -3.59. The molecule has 0 aliphatic heterocycles. The van der Waals surface area contributed by atoms with Crippen LogP contribution in [-0.4, -0.2) is 15.0 Å². The highest BCUT2D eigenvalue weighted by Gasteiger charge is 2.20. The topological polar surface area (TPSA) is 70.0 Å². The fraction of sp³-hybridized carbons (Fsp3) is 0.533. The average Bonchev–Trinajstić information content (AvgIpc) is 2.74. The Hall–Kier alpha value is -1.38. The predicted octanol–water partition coefficient (Wildman–Crippen LogP) is 2.81. The Balaban J connectivity index is 2.05. The lowest BCUT2D eigenvalue weighted by Crippen LogP contribution is -2.29. The first-order valence-corrected chi connectivity index (χ1v) is 8.60. The monoisotopic (exact) mass is 292 g/mol. The van der Waals surface area contributed by atoms with E-state index in [1.807, 2.05) is 6.07 Å². The average molecular weight is 292 g/mol. The largest absolute Gasteiger partial charge is 0.241 e. The maximum absolute atomic E-state index is 12.3. The molecule has 108 valence electrons. The predicted molar refractivity (Wildman–Crippen MR) is 77.5 cm³/mol. The molecule has 0 heterocycles. The third-order valence-electron chi connectivity index (χ3n) is 3.83. The van der Waals surface area contributed by atoms with Crippen molar-refractivity contribution in [1.29, 1.82) is 5.26 Å². The number of nitrogens with zero attached hydrogens (tertiary/aromatic N) is 1. The number of hydrogen-bond donors (Lipinski definition) is 1. The lowest BCUT2D eigenvalue weighted by molar-refractivity contribution is 0.451. The Labute approximate surface area is 120 Å². The van der Waals surface area contributed by atoms with Crippen molar-refractivity contribution in [2.45, 2.75) is 43.4 Å². The molecular weight excluding hydrogens is 272 g/mol. The highest BCUT2D eigenvalue weighted by atomic mass is 32.2. The van der Waals surface area contributed by atoms with Gasteiger partial charge in [0.1, 0.15) is 6.07 Å². The molecule has 1 aromatic rings. The van der Waals surface area contributed by atoms with Crippen LogP contribution in [0.15, 0.2) is 29.2 Å². The van der Waals surface area contributed by atoms with Crippen molar-refractivity contribution < 1.29 is 8.42 Å². The molecule has 0 amide bonds. The van der Waals surface area contributed by atoms with E-state index >= 15 is 0 Å². The van der Waals surface area contributed by atoms with Crippen LogP contribution in [0.4, 0.5) is 0 Å². The van der Waals surface area contributed by atoms with Crippen molar-refractivity contribution >= 4 is 10.0 Å². The molecule has 2 rings (SSSR count). The molecule has 1 N–H and O–H groups in total. The van der Waals surface area contributed by atoms with Crippen molar-refractivity contribution in [2.24, 2.45) is 5.92 Å². The van der Waals surface area contributed by atoms with Crippen LogP contribution < -0.4 is 4.72 Å². The smallest absolute Gasteiger partial charge is 0.211 e. The summed E-state index contributed by atoms with van der Waals surface area (Å²) >= 11 is 0. The van der Waals surface area contributed by atoms with Crippen LogP contribution in [0, 0.1) is 17.2 Å². The summed E-state index contributed by atoms with van der Waals surface area (Å²) in [5.74, 6) is 0.418. The van der Waals surface area contributed by atoms with E-state index in [4.69, 9.17) is 5.26 Å². The van der Waals surface area contributed by atoms with Gasteiger partial charge in [-0.25, -0.2) is 13.1 Å². The van der Waals surface area contributed by atoms with Gasteiger partial charge >= 0.3 is 0 Å². The molecule has 1 aliphatic carbocycles. The van der Waals surface area contributed by atoms with Gasteiger partial charge in [0.05, 0.1) is 10.5 Å². The zero-order valence-corrected chi connectivity index (χ0v) is 12.3. The zero-order chi connectivity index (χ0) is 14.4. The third-order valence-corrected chi connectivity index (χ3v) is 5.32. The molecule has 4 nitrogen and oxygen atoms in total. The molecule has 0 aromatic heterocycles. The van der Waals surface area contributed by atoms with E-state index in [1.165, 1.54) is 37.8 Å². The summed E-state index contributed by atoms with van der Waals surface area (Å²) in [6.07, 6.45) is 7.04. The van der Waals surface area contributed by atoms with Gasteiger partial charge in [0.25, 0.3) is 0 Å². The van der Waals surface area contributed by atoms with Crippen molar-refractivity contribution in [1.82, 2.24) is 4.72 Å². The van der Waals surface area contributed by atoms with Gasteiger partial charge in [0, 0.05) is 6.54 Å². The lowest BCUT2D eigenvalue weighted by Gasteiger charge is -2.15. The first kappa shape index (κ1) is 15.0. The molecule has 20 heavy (non-hydrogen) atoms. The summed E-state index contributed by atoms with van der Waals surface area (Å²) in [6, 6.07) is 8.25. The van der Waals surface area contributed by atoms with E-state index < -0.39 is 10.0 Å². The summed E-state index contributed by atoms with van der Waals surface area (Å²) in [5.41, 5.74) is 0.195. The van der Waals surface area contributed by atoms with Gasteiger partial charge in [-0.15, -0.1) is 0 Å². The van der Waals surface area contributed by atoms with Gasteiger partial charge in [0.15, 0.2) is 0 Å². The van der Waals surface area contributed by atoms with Crippen LogP contribution in [0.1, 0.15) is 44.1 Å². The fourth-order valence-corrected chi connectivity index (χ4v) is 3.94. The molecule has 0 bridgehead atoms. The Bertz CT molecular complexity index is 582. The van der Waals surface area contributed by atoms with Crippen LogP contribution in [0.25, 0.3) is 0 Å². The van der Waals surface area contributed by atoms with Gasteiger partial charge in [-0.3, -0.25) is 0 Å². The van der Waals surface area contributed by atoms with E-state index in [0.29, 0.717) is 12.5 Å². The molecule has 0 radical (unpaired) electrons. The molecule has 1 fully saturated rings. The molecular formula is C15H20N2O2S. The fourth-order valence-electron chi connectivity index (χ4n) is 2.67. The number of nitriles is 1. The molecule has 1 saturated carbocycles. The lowest BCUT2D eigenvalue weighted by atomic mass is 10.0. The van der Waals surface area contributed by atoms with E-state index in [0.717, 1.165) is 12.8 Å². The maximum Gasteiger partial charge on any atom is 0.241 e. The maximum atomic E-state index is 12.3. The zero-order valence-electron chi connectivity index (χ0n) is 11.5. The minimum absolute atomic E-state index is 0.0797. The van der Waals surface area contributed by atoms with Crippen LogP contribution in [0.3, 0.4) is 0 Å². The van der Waals surface area contributed by atoms with Gasteiger partial charge < -0.3 is 0 Å². The first-order chi connectivity index (χ1) is 9.63. The van der Waals surface area contributed by atoms with Gasteiger partial charge in [-0.2, -0.15) is 5.26 Å². The molecule has 1 aliphatic rings. The van der Waals surface area contributed by atoms with Gasteiger partial charge in [-0.05, 0) is 30.9 Å². The number of rotatable bonds is 4. The Morgan fingerprint density at radius 2 is 1.80 bits per heavy atom. The van der Waals surface area contributed by atoms with E-state index in [2.05, 4.69) is 4.72 Å². The number of benzene rings is 1. The molecule has 0 spiro atoms. The Morgan fingerprint density at radius 3 is 2.45 bits per heavy atom. The van der Waals surface area contributed by atoms with Crippen molar-refractivity contribution in [3.63, 3.8) is 0 Å². The van der Waals surface area contributed by atoms with Crippen molar-refractivity contribution in [2.75, 3.05) is 6.54 Å². The molecule has 5 heteroatoms. The first-order valence-electron chi connectivity index (χ1n) is 7.12. The van der Waals surface area contributed by atoms with Crippen molar-refractivity contribution in [3.05, 3.63) is 29.8 Å². The summed E-state index contributed by atoms with van der Waals surface area (Å²) in [5, 5.41) is 8.99. The Kier molecular flexibility index (Phi) is 5.16. The molecule has 1 aromatic carbocycles. The second kappa shape index (κ2) is 6.87. The Morgan fingerprint density at radius 1 is 1.15 bits per heavy atom. The van der Waals surface area contributed by atoms with Gasteiger partial charge in [-0.1, -0.05) is 37.8 Å². The van der Waals surface area contributed by atoms with Crippen LogP contribution >= 0.6 is 0 Å². The van der Waals surface area contributed by atoms with E-state index in [1.54, 1.807) is 12.1 Å². The second-order valence-electron chi connectivity index (χ2n) is 5.32. The van der Waals surface area contributed by atoms with E-state index in [-0.39, 0.29) is 10.5 Å².